The highest BCUT2D eigenvalue weighted by Crippen LogP contribution is 2.19. The lowest BCUT2D eigenvalue weighted by atomic mass is 10.0. The highest BCUT2D eigenvalue weighted by atomic mass is 16.5. The molecule has 10 heavy (non-hydrogen) atoms. The first-order valence-electron chi connectivity index (χ1n) is 3.37. The maximum absolute atomic E-state index is 10.9. The lowest BCUT2D eigenvalue weighted by Gasteiger charge is -2.10. The lowest BCUT2D eigenvalue weighted by molar-refractivity contribution is -0.126. The summed E-state index contributed by atoms with van der Waals surface area (Å²) < 4.78 is 5.17. The van der Waals surface area contributed by atoms with E-state index in [1.807, 2.05) is 6.92 Å². The first-order valence-corrected chi connectivity index (χ1v) is 3.37. The van der Waals surface area contributed by atoms with Crippen LogP contribution in [0.2, 0.25) is 0 Å². The number of nitrogens with two attached hydrogens (primary N) is 1. The summed E-state index contributed by atoms with van der Waals surface area (Å²) in [6.07, 6.45) is 0.799. The van der Waals surface area contributed by atoms with Crippen LogP contribution in [0.1, 0.15) is 13.3 Å². The van der Waals surface area contributed by atoms with Crippen LogP contribution in [0, 0.1) is 5.92 Å². The van der Waals surface area contributed by atoms with E-state index in [1.165, 1.54) is 0 Å². The van der Waals surface area contributed by atoms with Crippen LogP contribution in [0.4, 0.5) is 0 Å². The lowest BCUT2D eigenvalue weighted by Crippen LogP contribution is -2.38. The third kappa shape index (κ3) is 1.27. The van der Waals surface area contributed by atoms with Gasteiger partial charge in [-0.3, -0.25) is 10.2 Å². The zero-order chi connectivity index (χ0) is 7.56. The fraction of sp³-hybridized carbons (Fsp3) is 0.833. The molecule has 2 atom stereocenters. The number of amides is 1. The molecule has 3 N–H and O–H groups in total. The molecule has 0 unspecified atom stereocenters. The Morgan fingerprint density at radius 1 is 1.80 bits per heavy atom. The first-order chi connectivity index (χ1) is 4.75. The number of hydrazine groups is 1. The van der Waals surface area contributed by atoms with E-state index in [2.05, 4.69) is 5.43 Å². The van der Waals surface area contributed by atoms with Crippen molar-refractivity contribution >= 4 is 5.91 Å². The molecule has 0 aliphatic carbocycles. The van der Waals surface area contributed by atoms with Crippen molar-refractivity contribution in [1.82, 2.24) is 5.43 Å². The van der Waals surface area contributed by atoms with Gasteiger partial charge in [-0.25, -0.2) is 5.84 Å². The normalized spacial score (nSPS) is 32.2. The molecule has 58 valence electrons. The van der Waals surface area contributed by atoms with Crippen molar-refractivity contribution in [3.05, 3.63) is 0 Å². The van der Waals surface area contributed by atoms with Gasteiger partial charge in [0.1, 0.15) is 0 Å². The summed E-state index contributed by atoms with van der Waals surface area (Å²) in [4.78, 5) is 10.9. The summed E-state index contributed by atoms with van der Waals surface area (Å²) in [5, 5.41) is 0. The summed E-state index contributed by atoms with van der Waals surface area (Å²) in [5.74, 6) is 4.79. The molecule has 0 aromatic carbocycles. The van der Waals surface area contributed by atoms with Crippen molar-refractivity contribution in [3.63, 3.8) is 0 Å². The molecule has 0 aromatic rings. The van der Waals surface area contributed by atoms with Crippen LogP contribution < -0.4 is 11.3 Å². The van der Waals surface area contributed by atoms with E-state index in [9.17, 15) is 4.79 Å². The molecular weight excluding hydrogens is 132 g/mol. The second kappa shape index (κ2) is 2.98. The Kier molecular flexibility index (Phi) is 2.24. The second-order valence-electron chi connectivity index (χ2n) is 2.48. The Bertz CT molecular complexity index is 138. The van der Waals surface area contributed by atoms with Gasteiger partial charge in [0.25, 0.3) is 0 Å². The quantitative estimate of drug-likeness (QED) is 0.293. The van der Waals surface area contributed by atoms with Crippen LogP contribution in [0.15, 0.2) is 0 Å². The van der Waals surface area contributed by atoms with Gasteiger partial charge < -0.3 is 4.74 Å². The van der Waals surface area contributed by atoms with Crippen LogP contribution in [-0.2, 0) is 9.53 Å². The molecule has 1 fully saturated rings. The number of nitrogens with one attached hydrogen (secondary N) is 1. The van der Waals surface area contributed by atoms with Crippen molar-refractivity contribution in [2.75, 3.05) is 6.61 Å². The van der Waals surface area contributed by atoms with Crippen molar-refractivity contribution in [1.29, 1.82) is 0 Å². The van der Waals surface area contributed by atoms with Gasteiger partial charge in [-0.15, -0.1) is 0 Å². The number of hydrogen-bond donors (Lipinski definition) is 2. The Morgan fingerprint density at radius 3 is 2.90 bits per heavy atom. The Hall–Kier alpha value is -0.610. The molecule has 0 saturated carbocycles. The maximum Gasteiger partial charge on any atom is 0.239 e. The minimum atomic E-state index is -0.120. The average Bonchev–Trinajstić information content (AvgIpc) is 2.34. The minimum Gasteiger partial charge on any atom is -0.378 e. The molecule has 1 aliphatic rings. The van der Waals surface area contributed by atoms with Crippen LogP contribution in [0.5, 0.6) is 0 Å². The zero-order valence-corrected chi connectivity index (χ0v) is 5.96. The Morgan fingerprint density at radius 2 is 2.50 bits per heavy atom. The smallest absolute Gasteiger partial charge is 0.239 e. The van der Waals surface area contributed by atoms with Gasteiger partial charge in [-0.2, -0.15) is 0 Å². The third-order valence-corrected chi connectivity index (χ3v) is 1.86. The van der Waals surface area contributed by atoms with Crippen molar-refractivity contribution in [2.45, 2.75) is 19.4 Å². The van der Waals surface area contributed by atoms with Crippen LogP contribution >= 0.6 is 0 Å². The molecule has 1 heterocycles. The summed E-state index contributed by atoms with van der Waals surface area (Å²) in [6.45, 7) is 2.55. The summed E-state index contributed by atoms with van der Waals surface area (Å²) >= 11 is 0. The van der Waals surface area contributed by atoms with E-state index in [0.717, 1.165) is 6.42 Å². The van der Waals surface area contributed by atoms with E-state index in [1.54, 1.807) is 0 Å². The fourth-order valence-electron chi connectivity index (χ4n) is 1.18. The number of ether oxygens (including phenoxy) is 1. The topological polar surface area (TPSA) is 64.3 Å². The summed E-state index contributed by atoms with van der Waals surface area (Å²) in [5.41, 5.74) is 2.12. The van der Waals surface area contributed by atoms with Gasteiger partial charge in [-0.1, -0.05) is 0 Å². The number of rotatable bonds is 1. The molecule has 1 aliphatic heterocycles. The SMILES string of the molecule is C[C@@H]1OCC[C@H]1C(=O)NN. The molecule has 1 amide bonds. The van der Waals surface area contributed by atoms with E-state index in [-0.39, 0.29) is 17.9 Å². The number of carbonyl (C=O) groups excluding carboxylic acids is 1. The van der Waals surface area contributed by atoms with Crippen molar-refractivity contribution < 1.29 is 9.53 Å². The number of carbonyl (C=O) groups is 1. The highest BCUT2D eigenvalue weighted by molar-refractivity contribution is 5.78. The molecule has 0 radical (unpaired) electrons. The van der Waals surface area contributed by atoms with Crippen LogP contribution in [0.25, 0.3) is 0 Å². The van der Waals surface area contributed by atoms with Gasteiger partial charge in [0.2, 0.25) is 5.91 Å². The van der Waals surface area contributed by atoms with Gasteiger partial charge in [-0.05, 0) is 13.3 Å². The van der Waals surface area contributed by atoms with E-state index < -0.39 is 0 Å². The van der Waals surface area contributed by atoms with Gasteiger partial charge in [0.15, 0.2) is 0 Å². The molecule has 4 heteroatoms. The zero-order valence-electron chi connectivity index (χ0n) is 5.96. The molecule has 0 bridgehead atoms. The molecule has 1 rings (SSSR count). The van der Waals surface area contributed by atoms with Crippen LogP contribution in [-0.4, -0.2) is 18.6 Å². The second-order valence-corrected chi connectivity index (χ2v) is 2.48. The Labute approximate surface area is 59.7 Å². The molecule has 0 spiro atoms. The van der Waals surface area contributed by atoms with E-state index >= 15 is 0 Å². The molecule has 1 saturated heterocycles. The highest BCUT2D eigenvalue weighted by Gasteiger charge is 2.29. The van der Waals surface area contributed by atoms with Gasteiger partial charge >= 0.3 is 0 Å². The molecule has 4 nitrogen and oxygen atoms in total. The van der Waals surface area contributed by atoms with Crippen molar-refractivity contribution in [3.8, 4) is 0 Å². The van der Waals surface area contributed by atoms with Crippen LogP contribution in [0.3, 0.4) is 0 Å². The number of hydrogen-bond acceptors (Lipinski definition) is 3. The maximum atomic E-state index is 10.9. The minimum absolute atomic E-state index is 0.0172. The predicted molar refractivity (Wildman–Crippen MR) is 35.9 cm³/mol. The van der Waals surface area contributed by atoms with E-state index in [0.29, 0.717) is 6.61 Å². The predicted octanol–water partition coefficient (Wildman–Crippen LogP) is -0.599. The van der Waals surface area contributed by atoms with E-state index in [4.69, 9.17) is 10.6 Å². The Balaban J connectivity index is 2.46. The average molecular weight is 144 g/mol. The third-order valence-electron chi connectivity index (χ3n) is 1.86. The summed E-state index contributed by atoms with van der Waals surface area (Å²) in [6, 6.07) is 0. The summed E-state index contributed by atoms with van der Waals surface area (Å²) in [7, 11) is 0. The van der Waals surface area contributed by atoms with Crippen molar-refractivity contribution in [2.24, 2.45) is 11.8 Å². The standard InChI is InChI=1S/C6H12N2O2/c1-4-5(2-3-10-4)6(9)8-7/h4-5H,2-3,7H2,1H3,(H,8,9)/t4-,5+/m0/s1. The largest absolute Gasteiger partial charge is 0.378 e. The monoisotopic (exact) mass is 144 g/mol. The van der Waals surface area contributed by atoms with Gasteiger partial charge in [0, 0.05) is 6.61 Å². The van der Waals surface area contributed by atoms with Gasteiger partial charge in [0.05, 0.1) is 12.0 Å². The molecule has 0 aromatic heterocycles. The molecular formula is C6H12N2O2. The fourth-order valence-corrected chi connectivity index (χ4v) is 1.18. The first kappa shape index (κ1) is 7.50.